The molecule has 0 amide bonds. The van der Waals surface area contributed by atoms with Gasteiger partial charge in [-0.15, -0.1) is 0 Å². The van der Waals surface area contributed by atoms with Gasteiger partial charge in [0.25, 0.3) is 0 Å². The smallest absolute Gasteiger partial charge is 0.203 e. The Morgan fingerprint density at radius 1 is 1.04 bits per heavy atom. The van der Waals surface area contributed by atoms with E-state index >= 15 is 0 Å². The van der Waals surface area contributed by atoms with E-state index in [2.05, 4.69) is 28.9 Å². The average molecular weight is 320 g/mol. The monoisotopic (exact) mass is 320 g/mol. The van der Waals surface area contributed by atoms with Crippen molar-refractivity contribution in [3.05, 3.63) is 17.7 Å². The van der Waals surface area contributed by atoms with Crippen LogP contribution in [-0.2, 0) is 6.54 Å². The molecule has 0 unspecified atom stereocenters. The first kappa shape index (κ1) is 16.4. The Labute approximate surface area is 139 Å². The fraction of sp³-hybridized carbons (Fsp3) is 0.667. The quantitative estimate of drug-likeness (QED) is 0.832. The van der Waals surface area contributed by atoms with Gasteiger partial charge in [-0.25, -0.2) is 0 Å². The van der Waals surface area contributed by atoms with Crippen LogP contribution in [0, 0.1) is 0 Å². The maximum Gasteiger partial charge on any atom is 0.203 e. The molecule has 0 N–H and O–H groups in total. The second-order valence-electron chi connectivity index (χ2n) is 6.60. The lowest BCUT2D eigenvalue weighted by molar-refractivity contribution is 0.0539. The minimum atomic E-state index is 0.573. The number of hydrogen-bond donors (Lipinski definition) is 0. The van der Waals surface area contributed by atoms with Crippen LogP contribution in [0.5, 0.6) is 17.2 Å². The lowest BCUT2D eigenvalue weighted by atomic mass is 10.1. The summed E-state index contributed by atoms with van der Waals surface area (Å²) in [6.07, 6.45) is 2.67. The molecule has 2 heterocycles. The molecule has 2 saturated heterocycles. The van der Waals surface area contributed by atoms with Gasteiger partial charge in [-0.1, -0.05) is 0 Å². The maximum atomic E-state index is 5.47. The summed E-state index contributed by atoms with van der Waals surface area (Å²) in [7, 11) is 4.98. The Morgan fingerprint density at radius 2 is 1.74 bits per heavy atom. The largest absolute Gasteiger partial charge is 0.493 e. The molecule has 1 aromatic rings. The second kappa shape index (κ2) is 6.97. The lowest BCUT2D eigenvalue weighted by Gasteiger charge is -2.42. The molecular weight excluding hydrogens is 292 g/mol. The van der Waals surface area contributed by atoms with E-state index in [-0.39, 0.29) is 0 Å². The number of piperazine rings is 1. The summed E-state index contributed by atoms with van der Waals surface area (Å²) in [4.78, 5) is 5.23. The van der Waals surface area contributed by atoms with Crippen molar-refractivity contribution in [1.29, 1.82) is 0 Å². The van der Waals surface area contributed by atoms with E-state index in [0.29, 0.717) is 11.8 Å². The molecule has 3 rings (SSSR count). The van der Waals surface area contributed by atoms with Crippen LogP contribution in [-0.4, -0.2) is 62.8 Å². The topological polar surface area (TPSA) is 34.2 Å². The van der Waals surface area contributed by atoms with Gasteiger partial charge in [0.15, 0.2) is 11.5 Å². The number of fused-ring (bicyclic) bond motifs is 1. The van der Waals surface area contributed by atoms with Gasteiger partial charge in [0, 0.05) is 31.7 Å². The minimum Gasteiger partial charge on any atom is -0.493 e. The highest BCUT2D eigenvalue weighted by Crippen LogP contribution is 2.39. The molecule has 23 heavy (non-hydrogen) atoms. The molecule has 5 nitrogen and oxygen atoms in total. The predicted molar refractivity (Wildman–Crippen MR) is 90.6 cm³/mol. The number of benzene rings is 1. The molecule has 2 aliphatic rings. The zero-order valence-corrected chi connectivity index (χ0v) is 14.7. The fourth-order valence-corrected chi connectivity index (χ4v) is 3.93. The Hall–Kier alpha value is -1.46. The Morgan fingerprint density at radius 3 is 2.35 bits per heavy atom. The third-order valence-corrected chi connectivity index (χ3v) is 5.18. The third-order valence-electron chi connectivity index (χ3n) is 5.18. The van der Waals surface area contributed by atoms with Gasteiger partial charge < -0.3 is 14.2 Å². The Kier molecular flexibility index (Phi) is 4.97. The van der Waals surface area contributed by atoms with Crippen molar-refractivity contribution in [3.8, 4) is 17.2 Å². The van der Waals surface area contributed by atoms with Crippen LogP contribution in [0.3, 0.4) is 0 Å². The number of methoxy groups -OCH3 is 3. The highest BCUT2D eigenvalue weighted by molar-refractivity contribution is 5.53. The highest BCUT2D eigenvalue weighted by Gasteiger charge is 2.34. The van der Waals surface area contributed by atoms with Crippen molar-refractivity contribution in [1.82, 2.24) is 9.80 Å². The molecule has 0 saturated carbocycles. The van der Waals surface area contributed by atoms with Crippen LogP contribution < -0.4 is 14.2 Å². The minimum absolute atomic E-state index is 0.573. The normalized spacial score (nSPS) is 25.2. The molecular formula is C18H28N2O3. The summed E-state index contributed by atoms with van der Waals surface area (Å²) >= 11 is 0. The van der Waals surface area contributed by atoms with E-state index in [4.69, 9.17) is 14.2 Å². The van der Waals surface area contributed by atoms with Gasteiger partial charge in [0.1, 0.15) is 0 Å². The first-order valence-electron chi connectivity index (χ1n) is 8.43. The lowest BCUT2D eigenvalue weighted by Crippen LogP contribution is -2.54. The number of ether oxygens (including phenoxy) is 3. The van der Waals surface area contributed by atoms with Crippen molar-refractivity contribution in [2.45, 2.75) is 38.4 Å². The number of rotatable bonds is 5. The van der Waals surface area contributed by atoms with E-state index in [9.17, 15) is 0 Å². The Bertz CT molecular complexity index is 524. The van der Waals surface area contributed by atoms with Gasteiger partial charge in [-0.3, -0.25) is 9.80 Å². The molecule has 0 spiro atoms. The number of nitrogens with zero attached hydrogens (tertiary/aromatic N) is 2. The van der Waals surface area contributed by atoms with Gasteiger partial charge in [0.2, 0.25) is 5.75 Å². The summed E-state index contributed by atoms with van der Waals surface area (Å²) in [5.41, 5.74) is 1.21. The van der Waals surface area contributed by atoms with Gasteiger partial charge in [0.05, 0.1) is 21.3 Å². The van der Waals surface area contributed by atoms with Crippen molar-refractivity contribution in [2.24, 2.45) is 0 Å². The molecule has 5 heteroatoms. The zero-order valence-electron chi connectivity index (χ0n) is 14.7. The van der Waals surface area contributed by atoms with Crippen LogP contribution in [0.1, 0.15) is 25.3 Å². The summed E-state index contributed by atoms with van der Waals surface area (Å²) < 4.78 is 16.4. The first-order valence-corrected chi connectivity index (χ1v) is 8.43. The molecule has 2 fully saturated rings. The SMILES string of the molecule is COc1cc(CN2C[C@@H]3CCCN3C[C@@H]2C)cc(OC)c1OC. The summed E-state index contributed by atoms with van der Waals surface area (Å²) in [5.74, 6) is 2.12. The first-order chi connectivity index (χ1) is 11.2. The molecule has 2 atom stereocenters. The van der Waals surface area contributed by atoms with Crippen LogP contribution in [0.4, 0.5) is 0 Å². The predicted octanol–water partition coefficient (Wildman–Crippen LogP) is 2.38. The van der Waals surface area contributed by atoms with Gasteiger partial charge >= 0.3 is 0 Å². The fourth-order valence-electron chi connectivity index (χ4n) is 3.93. The molecule has 0 radical (unpaired) electrons. The van der Waals surface area contributed by atoms with Crippen molar-refractivity contribution in [2.75, 3.05) is 41.0 Å². The molecule has 0 aromatic heterocycles. The second-order valence-corrected chi connectivity index (χ2v) is 6.60. The molecule has 0 bridgehead atoms. The van der Waals surface area contributed by atoms with Crippen LogP contribution in [0.2, 0.25) is 0 Å². The summed E-state index contributed by atoms with van der Waals surface area (Å²) in [6, 6.07) is 5.43. The zero-order chi connectivity index (χ0) is 16.4. The van der Waals surface area contributed by atoms with Crippen molar-refractivity contribution >= 4 is 0 Å². The highest BCUT2D eigenvalue weighted by atomic mass is 16.5. The molecule has 1 aromatic carbocycles. The van der Waals surface area contributed by atoms with Crippen LogP contribution >= 0.6 is 0 Å². The third kappa shape index (κ3) is 3.26. The number of hydrogen-bond acceptors (Lipinski definition) is 5. The molecule has 2 aliphatic heterocycles. The molecule has 128 valence electrons. The van der Waals surface area contributed by atoms with Crippen LogP contribution in [0.25, 0.3) is 0 Å². The van der Waals surface area contributed by atoms with E-state index < -0.39 is 0 Å². The summed E-state index contributed by atoms with van der Waals surface area (Å²) in [5, 5.41) is 0. The van der Waals surface area contributed by atoms with Gasteiger partial charge in [-0.2, -0.15) is 0 Å². The van der Waals surface area contributed by atoms with Crippen molar-refractivity contribution < 1.29 is 14.2 Å². The Balaban J connectivity index is 1.79. The van der Waals surface area contributed by atoms with Gasteiger partial charge in [-0.05, 0) is 44.0 Å². The van der Waals surface area contributed by atoms with Crippen molar-refractivity contribution in [3.63, 3.8) is 0 Å². The van der Waals surface area contributed by atoms with E-state index in [0.717, 1.165) is 30.6 Å². The molecule has 0 aliphatic carbocycles. The van der Waals surface area contributed by atoms with Crippen LogP contribution in [0.15, 0.2) is 12.1 Å². The average Bonchev–Trinajstić information content (AvgIpc) is 3.01. The van der Waals surface area contributed by atoms with E-state index in [1.54, 1.807) is 21.3 Å². The van der Waals surface area contributed by atoms with E-state index in [1.807, 2.05) is 0 Å². The summed E-state index contributed by atoms with van der Waals surface area (Å²) in [6.45, 7) is 6.84. The maximum absolute atomic E-state index is 5.47. The van der Waals surface area contributed by atoms with E-state index in [1.165, 1.54) is 31.5 Å². The standard InChI is InChI=1S/C18H28N2O3/c1-13-10-19-7-5-6-15(19)12-20(13)11-14-8-16(21-2)18(23-4)17(9-14)22-3/h8-9,13,15H,5-7,10-12H2,1-4H3/t13-,15-/m0/s1.